The normalized spacial score (nSPS) is 11.4. The average molecular weight is 283 g/mol. The summed E-state index contributed by atoms with van der Waals surface area (Å²) >= 11 is 12.3. The maximum atomic E-state index is 6.30. The molecule has 4 heteroatoms. The minimum atomic E-state index is 0.651. The second-order valence-corrected chi connectivity index (χ2v) is 5.09. The van der Waals surface area contributed by atoms with Crippen LogP contribution in [0.3, 0.4) is 0 Å². The highest BCUT2D eigenvalue weighted by Gasteiger charge is 2.08. The topological polar surface area (TPSA) is 16.1 Å². The summed E-state index contributed by atoms with van der Waals surface area (Å²) in [6, 6.07) is 5.91. The molecule has 0 aliphatic carbocycles. The Labute approximate surface area is 118 Å². The van der Waals surface area contributed by atoms with Crippen molar-refractivity contribution in [2.24, 2.45) is 0 Å². The van der Waals surface area contributed by atoms with E-state index in [1.807, 2.05) is 12.1 Å². The van der Waals surface area contributed by atoms with E-state index in [9.17, 15) is 0 Å². The van der Waals surface area contributed by atoms with Crippen molar-refractivity contribution in [3.05, 3.63) is 40.0 Å². The number of rotatable bonds is 4. The van der Waals surface area contributed by atoms with Gasteiger partial charge in [0, 0.05) is 23.2 Å². The average Bonchev–Trinajstić information content (AvgIpc) is 2.36. The molecule has 0 spiro atoms. The summed E-state index contributed by atoms with van der Waals surface area (Å²) in [5, 5.41) is 2.46. The first-order valence-corrected chi connectivity index (χ1v) is 6.85. The molecule has 1 aromatic carbocycles. The highest BCUT2D eigenvalue weighted by Crippen LogP contribution is 2.25. The Kier molecular flexibility index (Phi) is 4.44. The van der Waals surface area contributed by atoms with Gasteiger partial charge in [-0.2, -0.15) is 0 Å². The van der Waals surface area contributed by atoms with Crippen molar-refractivity contribution in [3.8, 4) is 0 Å². The van der Waals surface area contributed by atoms with Crippen LogP contribution in [-0.2, 0) is 6.54 Å². The van der Waals surface area contributed by atoms with Gasteiger partial charge in [-0.05, 0) is 36.9 Å². The number of hydrogen-bond acceptors (Lipinski definition) is 2. The number of benzene rings is 1. The van der Waals surface area contributed by atoms with E-state index in [0.717, 1.165) is 41.1 Å². The van der Waals surface area contributed by atoms with Crippen LogP contribution >= 0.6 is 23.2 Å². The molecule has 0 aliphatic heterocycles. The SMILES string of the molecule is CCN(CC)Cc1cc2cc(Cl)cnc2cc1Cl. The molecular weight excluding hydrogens is 267 g/mol. The van der Waals surface area contributed by atoms with Crippen LogP contribution < -0.4 is 0 Å². The fraction of sp³-hybridized carbons (Fsp3) is 0.357. The van der Waals surface area contributed by atoms with Crippen LogP contribution in [0.4, 0.5) is 0 Å². The Morgan fingerprint density at radius 2 is 1.83 bits per heavy atom. The number of hydrogen-bond donors (Lipinski definition) is 0. The molecule has 0 saturated carbocycles. The smallest absolute Gasteiger partial charge is 0.0718 e. The van der Waals surface area contributed by atoms with E-state index in [0.29, 0.717) is 5.02 Å². The van der Waals surface area contributed by atoms with Gasteiger partial charge in [0.15, 0.2) is 0 Å². The molecule has 0 radical (unpaired) electrons. The number of fused-ring (bicyclic) bond motifs is 1. The minimum Gasteiger partial charge on any atom is -0.300 e. The predicted octanol–water partition coefficient (Wildman–Crippen LogP) is 4.38. The lowest BCUT2D eigenvalue weighted by molar-refractivity contribution is 0.296. The number of pyridine rings is 1. The molecule has 1 aromatic heterocycles. The monoisotopic (exact) mass is 282 g/mol. The van der Waals surface area contributed by atoms with Gasteiger partial charge in [0.05, 0.1) is 10.5 Å². The van der Waals surface area contributed by atoms with E-state index in [1.54, 1.807) is 6.20 Å². The molecule has 0 saturated heterocycles. The molecule has 0 unspecified atom stereocenters. The number of halogens is 2. The van der Waals surface area contributed by atoms with Gasteiger partial charge in [0.25, 0.3) is 0 Å². The Hall–Kier alpha value is -0.830. The third kappa shape index (κ3) is 2.94. The summed E-state index contributed by atoms with van der Waals surface area (Å²) in [4.78, 5) is 6.60. The van der Waals surface area contributed by atoms with Crippen molar-refractivity contribution < 1.29 is 0 Å². The zero-order valence-corrected chi connectivity index (χ0v) is 12.1. The summed E-state index contributed by atoms with van der Waals surface area (Å²) in [6.07, 6.45) is 1.64. The molecule has 96 valence electrons. The van der Waals surface area contributed by atoms with Crippen LogP contribution in [0.2, 0.25) is 10.0 Å². The molecule has 2 rings (SSSR count). The Morgan fingerprint density at radius 1 is 1.11 bits per heavy atom. The van der Waals surface area contributed by atoms with Crippen molar-refractivity contribution in [3.63, 3.8) is 0 Å². The zero-order valence-electron chi connectivity index (χ0n) is 10.6. The van der Waals surface area contributed by atoms with E-state index in [2.05, 4.69) is 29.8 Å². The first-order valence-electron chi connectivity index (χ1n) is 6.10. The summed E-state index contributed by atoms with van der Waals surface area (Å²) in [5.41, 5.74) is 2.00. The van der Waals surface area contributed by atoms with Crippen LogP contribution in [0.15, 0.2) is 24.4 Å². The number of aromatic nitrogens is 1. The first kappa shape index (κ1) is 13.6. The van der Waals surface area contributed by atoms with E-state index in [4.69, 9.17) is 23.2 Å². The largest absolute Gasteiger partial charge is 0.300 e. The summed E-state index contributed by atoms with van der Waals surface area (Å²) in [5.74, 6) is 0. The fourth-order valence-electron chi connectivity index (χ4n) is 1.98. The van der Waals surface area contributed by atoms with Gasteiger partial charge < -0.3 is 0 Å². The summed E-state index contributed by atoms with van der Waals surface area (Å²) < 4.78 is 0. The van der Waals surface area contributed by atoms with Gasteiger partial charge in [0.1, 0.15) is 0 Å². The van der Waals surface area contributed by atoms with Crippen LogP contribution in [0, 0.1) is 0 Å². The van der Waals surface area contributed by atoms with Crippen LogP contribution in [0.1, 0.15) is 19.4 Å². The van der Waals surface area contributed by atoms with Gasteiger partial charge in [-0.3, -0.25) is 9.88 Å². The van der Waals surface area contributed by atoms with Crippen molar-refractivity contribution >= 4 is 34.1 Å². The number of nitrogens with zero attached hydrogens (tertiary/aromatic N) is 2. The molecule has 2 nitrogen and oxygen atoms in total. The molecule has 1 heterocycles. The zero-order chi connectivity index (χ0) is 13.1. The van der Waals surface area contributed by atoms with Crippen molar-refractivity contribution in [2.75, 3.05) is 13.1 Å². The van der Waals surface area contributed by atoms with E-state index >= 15 is 0 Å². The lowest BCUT2D eigenvalue weighted by atomic mass is 10.1. The highest BCUT2D eigenvalue weighted by molar-refractivity contribution is 6.32. The van der Waals surface area contributed by atoms with Crippen molar-refractivity contribution in [1.29, 1.82) is 0 Å². The van der Waals surface area contributed by atoms with Gasteiger partial charge in [-0.25, -0.2) is 0 Å². The lowest BCUT2D eigenvalue weighted by Crippen LogP contribution is -2.22. The highest BCUT2D eigenvalue weighted by atomic mass is 35.5. The molecule has 2 aromatic rings. The van der Waals surface area contributed by atoms with Crippen LogP contribution in [0.5, 0.6) is 0 Å². The van der Waals surface area contributed by atoms with Crippen LogP contribution in [-0.4, -0.2) is 23.0 Å². The summed E-state index contributed by atoms with van der Waals surface area (Å²) in [7, 11) is 0. The van der Waals surface area contributed by atoms with Gasteiger partial charge >= 0.3 is 0 Å². The Morgan fingerprint density at radius 3 is 2.50 bits per heavy atom. The Balaban J connectivity index is 2.41. The fourth-order valence-corrected chi connectivity index (χ4v) is 2.36. The van der Waals surface area contributed by atoms with Gasteiger partial charge in [0.2, 0.25) is 0 Å². The third-order valence-electron chi connectivity index (χ3n) is 3.10. The minimum absolute atomic E-state index is 0.651. The van der Waals surface area contributed by atoms with Crippen LogP contribution in [0.25, 0.3) is 10.9 Å². The van der Waals surface area contributed by atoms with Crippen molar-refractivity contribution in [2.45, 2.75) is 20.4 Å². The first-order chi connectivity index (χ1) is 8.63. The quantitative estimate of drug-likeness (QED) is 0.827. The maximum absolute atomic E-state index is 6.30. The van der Waals surface area contributed by atoms with Gasteiger partial charge in [-0.15, -0.1) is 0 Å². The standard InChI is InChI=1S/C14H16Cl2N2/c1-3-18(4-2)9-11-5-10-6-12(15)8-17-14(10)7-13(11)16/h5-8H,3-4,9H2,1-2H3. The molecular formula is C14H16Cl2N2. The molecule has 0 fully saturated rings. The second-order valence-electron chi connectivity index (χ2n) is 4.25. The lowest BCUT2D eigenvalue weighted by Gasteiger charge is -2.19. The maximum Gasteiger partial charge on any atom is 0.0718 e. The molecule has 18 heavy (non-hydrogen) atoms. The Bertz CT molecular complexity index is 551. The summed E-state index contributed by atoms with van der Waals surface area (Å²) in [6.45, 7) is 7.18. The molecule has 0 bridgehead atoms. The molecule has 0 aliphatic rings. The van der Waals surface area contributed by atoms with E-state index < -0.39 is 0 Å². The molecule has 0 amide bonds. The second kappa shape index (κ2) is 5.87. The predicted molar refractivity (Wildman–Crippen MR) is 78.4 cm³/mol. The molecule has 0 atom stereocenters. The third-order valence-corrected chi connectivity index (χ3v) is 3.66. The molecule has 0 N–H and O–H groups in total. The van der Waals surface area contributed by atoms with E-state index in [-0.39, 0.29) is 0 Å². The van der Waals surface area contributed by atoms with Crippen molar-refractivity contribution in [1.82, 2.24) is 9.88 Å². The van der Waals surface area contributed by atoms with E-state index in [1.165, 1.54) is 0 Å². The van der Waals surface area contributed by atoms with Gasteiger partial charge in [-0.1, -0.05) is 37.0 Å².